The van der Waals surface area contributed by atoms with Gasteiger partial charge in [0.15, 0.2) is 0 Å². The lowest BCUT2D eigenvalue weighted by molar-refractivity contribution is -0.384. The van der Waals surface area contributed by atoms with Crippen LogP contribution in [0, 0.1) is 10.1 Å². The Kier molecular flexibility index (Phi) is 4.16. The monoisotopic (exact) mass is 311 g/mol. The fraction of sp³-hybridized carbons (Fsp3) is 0. The van der Waals surface area contributed by atoms with Crippen molar-refractivity contribution < 1.29 is 9.72 Å². The minimum absolute atomic E-state index is 0.152. The number of non-ortho nitro benzene ring substituents is 1. The SMILES string of the molecule is O=C(Nc1cc([N+](=O)[O-])ccc1Cl)c1ccnc(Cl)c1. The van der Waals surface area contributed by atoms with E-state index in [1.54, 1.807) is 0 Å². The van der Waals surface area contributed by atoms with Crippen LogP contribution in [0.15, 0.2) is 36.5 Å². The van der Waals surface area contributed by atoms with Gasteiger partial charge in [0.05, 0.1) is 15.6 Å². The number of nitrogens with zero attached hydrogens (tertiary/aromatic N) is 2. The first kappa shape index (κ1) is 14.2. The van der Waals surface area contributed by atoms with E-state index in [0.29, 0.717) is 0 Å². The summed E-state index contributed by atoms with van der Waals surface area (Å²) < 4.78 is 0. The molecule has 0 bridgehead atoms. The highest BCUT2D eigenvalue weighted by Crippen LogP contribution is 2.27. The van der Waals surface area contributed by atoms with Crippen LogP contribution in [0.2, 0.25) is 10.2 Å². The molecule has 102 valence electrons. The van der Waals surface area contributed by atoms with E-state index >= 15 is 0 Å². The average Bonchev–Trinajstić information content (AvgIpc) is 2.41. The summed E-state index contributed by atoms with van der Waals surface area (Å²) in [6, 6.07) is 6.62. The van der Waals surface area contributed by atoms with Crippen LogP contribution in [0.3, 0.4) is 0 Å². The van der Waals surface area contributed by atoms with Gasteiger partial charge in [0, 0.05) is 23.9 Å². The van der Waals surface area contributed by atoms with Crippen LogP contribution < -0.4 is 5.32 Å². The molecule has 8 heteroatoms. The third-order valence-corrected chi connectivity index (χ3v) is 2.93. The molecule has 0 unspecified atom stereocenters. The maximum absolute atomic E-state index is 12.0. The van der Waals surface area contributed by atoms with Crippen LogP contribution in [0.5, 0.6) is 0 Å². The van der Waals surface area contributed by atoms with Crippen molar-refractivity contribution in [2.24, 2.45) is 0 Å². The van der Waals surface area contributed by atoms with Crippen molar-refractivity contribution in [1.82, 2.24) is 4.98 Å². The number of nitro benzene ring substituents is 1. The second-order valence-corrected chi connectivity index (χ2v) is 4.54. The zero-order chi connectivity index (χ0) is 14.7. The van der Waals surface area contributed by atoms with Crippen molar-refractivity contribution in [2.75, 3.05) is 5.32 Å². The number of nitrogens with one attached hydrogen (secondary N) is 1. The van der Waals surface area contributed by atoms with Crippen LogP contribution in [-0.2, 0) is 0 Å². The molecule has 1 heterocycles. The summed E-state index contributed by atoms with van der Waals surface area (Å²) >= 11 is 11.6. The first-order chi connectivity index (χ1) is 9.47. The van der Waals surface area contributed by atoms with Gasteiger partial charge in [-0.3, -0.25) is 14.9 Å². The molecule has 2 rings (SSSR count). The number of hydrogen-bond donors (Lipinski definition) is 1. The molecule has 2 aromatic rings. The van der Waals surface area contributed by atoms with E-state index in [0.717, 1.165) is 0 Å². The average molecular weight is 312 g/mol. The van der Waals surface area contributed by atoms with E-state index in [2.05, 4.69) is 10.3 Å². The lowest BCUT2D eigenvalue weighted by Crippen LogP contribution is -2.12. The van der Waals surface area contributed by atoms with Crippen LogP contribution in [-0.4, -0.2) is 15.8 Å². The zero-order valence-electron chi connectivity index (χ0n) is 9.84. The molecular formula is C12H7Cl2N3O3. The van der Waals surface area contributed by atoms with E-state index in [4.69, 9.17) is 23.2 Å². The fourth-order valence-electron chi connectivity index (χ4n) is 1.46. The van der Waals surface area contributed by atoms with Crippen molar-refractivity contribution in [3.05, 3.63) is 62.4 Å². The third kappa shape index (κ3) is 3.23. The number of carbonyl (C=O) groups is 1. The molecule has 0 atom stereocenters. The molecular weight excluding hydrogens is 305 g/mol. The summed E-state index contributed by atoms with van der Waals surface area (Å²) in [5, 5.41) is 13.5. The highest BCUT2D eigenvalue weighted by atomic mass is 35.5. The van der Waals surface area contributed by atoms with Gasteiger partial charge in [-0.05, 0) is 18.2 Å². The largest absolute Gasteiger partial charge is 0.320 e. The molecule has 0 saturated carbocycles. The number of anilines is 1. The Morgan fingerprint density at radius 1 is 1.25 bits per heavy atom. The minimum atomic E-state index is -0.574. The molecule has 20 heavy (non-hydrogen) atoms. The normalized spacial score (nSPS) is 10.1. The van der Waals surface area contributed by atoms with E-state index in [-0.39, 0.29) is 27.1 Å². The quantitative estimate of drug-likeness (QED) is 0.533. The number of amides is 1. The Labute approximate surface area is 123 Å². The summed E-state index contributed by atoms with van der Waals surface area (Å²) in [6.45, 7) is 0. The van der Waals surface area contributed by atoms with Gasteiger partial charge in [0.1, 0.15) is 5.15 Å². The van der Waals surface area contributed by atoms with Crippen LogP contribution in [0.25, 0.3) is 0 Å². The summed E-state index contributed by atoms with van der Waals surface area (Å²) in [7, 11) is 0. The van der Waals surface area contributed by atoms with Crippen LogP contribution in [0.1, 0.15) is 10.4 Å². The van der Waals surface area contributed by atoms with Crippen molar-refractivity contribution in [3.8, 4) is 0 Å². The Morgan fingerprint density at radius 2 is 2.00 bits per heavy atom. The van der Waals surface area contributed by atoms with E-state index in [1.807, 2.05) is 0 Å². The smallest absolute Gasteiger partial charge is 0.271 e. The first-order valence-corrected chi connectivity index (χ1v) is 6.10. The topological polar surface area (TPSA) is 85.1 Å². The summed E-state index contributed by atoms with van der Waals surface area (Å²) in [5.74, 6) is -0.489. The molecule has 0 fully saturated rings. The van der Waals surface area contributed by atoms with Crippen molar-refractivity contribution in [3.63, 3.8) is 0 Å². The standard InChI is InChI=1S/C12H7Cl2N3O3/c13-9-2-1-8(17(19)20)6-10(9)16-12(18)7-3-4-15-11(14)5-7/h1-6H,(H,16,18). The maximum Gasteiger partial charge on any atom is 0.271 e. The van der Waals surface area contributed by atoms with Gasteiger partial charge in [-0.1, -0.05) is 23.2 Å². The Balaban J connectivity index is 2.27. The summed E-state index contributed by atoms with van der Waals surface area (Å²) in [6.07, 6.45) is 1.38. The predicted molar refractivity (Wildman–Crippen MR) is 75.3 cm³/mol. The summed E-state index contributed by atoms with van der Waals surface area (Å²) in [4.78, 5) is 25.8. The highest BCUT2D eigenvalue weighted by molar-refractivity contribution is 6.34. The van der Waals surface area contributed by atoms with E-state index in [9.17, 15) is 14.9 Å². The molecule has 1 N–H and O–H groups in total. The third-order valence-electron chi connectivity index (χ3n) is 2.40. The van der Waals surface area contributed by atoms with Crippen molar-refractivity contribution in [2.45, 2.75) is 0 Å². The van der Waals surface area contributed by atoms with Crippen LogP contribution in [0.4, 0.5) is 11.4 Å². The Hall–Kier alpha value is -2.18. The number of hydrogen-bond acceptors (Lipinski definition) is 4. The van der Waals surface area contributed by atoms with E-state index < -0.39 is 10.8 Å². The molecule has 0 spiro atoms. The molecule has 0 aliphatic carbocycles. The maximum atomic E-state index is 12.0. The second-order valence-electron chi connectivity index (χ2n) is 3.74. The zero-order valence-corrected chi connectivity index (χ0v) is 11.4. The lowest BCUT2D eigenvalue weighted by atomic mass is 10.2. The molecule has 1 aromatic carbocycles. The molecule has 1 aromatic heterocycles. The number of carbonyl (C=O) groups excluding carboxylic acids is 1. The molecule has 6 nitrogen and oxygen atoms in total. The minimum Gasteiger partial charge on any atom is -0.320 e. The number of benzene rings is 1. The lowest BCUT2D eigenvalue weighted by Gasteiger charge is -2.07. The second kappa shape index (κ2) is 5.85. The molecule has 0 aliphatic heterocycles. The molecule has 0 radical (unpaired) electrons. The molecule has 1 amide bonds. The Bertz CT molecular complexity index is 691. The number of aromatic nitrogens is 1. The summed E-state index contributed by atoms with van der Waals surface area (Å²) in [5.41, 5.74) is 0.254. The number of pyridine rings is 1. The van der Waals surface area contributed by atoms with Crippen molar-refractivity contribution in [1.29, 1.82) is 0 Å². The Morgan fingerprint density at radius 3 is 2.65 bits per heavy atom. The van der Waals surface area contributed by atoms with Crippen LogP contribution >= 0.6 is 23.2 Å². The fourth-order valence-corrected chi connectivity index (χ4v) is 1.80. The first-order valence-electron chi connectivity index (χ1n) is 5.34. The van der Waals surface area contributed by atoms with Gasteiger partial charge in [-0.2, -0.15) is 0 Å². The number of halogens is 2. The van der Waals surface area contributed by atoms with Gasteiger partial charge >= 0.3 is 0 Å². The molecule has 0 saturated heterocycles. The van der Waals surface area contributed by atoms with Gasteiger partial charge in [0.2, 0.25) is 0 Å². The van der Waals surface area contributed by atoms with Gasteiger partial charge in [-0.15, -0.1) is 0 Å². The molecule has 0 aliphatic rings. The van der Waals surface area contributed by atoms with E-state index in [1.165, 1.54) is 36.5 Å². The van der Waals surface area contributed by atoms with Gasteiger partial charge in [-0.25, -0.2) is 4.98 Å². The highest BCUT2D eigenvalue weighted by Gasteiger charge is 2.13. The van der Waals surface area contributed by atoms with Gasteiger partial charge < -0.3 is 5.32 Å². The van der Waals surface area contributed by atoms with Crippen molar-refractivity contribution >= 4 is 40.5 Å². The predicted octanol–water partition coefficient (Wildman–Crippen LogP) is 3.55. The number of nitro groups is 1. The van der Waals surface area contributed by atoms with Gasteiger partial charge in [0.25, 0.3) is 11.6 Å². The number of rotatable bonds is 3.